The summed E-state index contributed by atoms with van der Waals surface area (Å²) in [7, 11) is 3.17. The molecule has 0 bridgehead atoms. The van der Waals surface area contributed by atoms with Crippen LogP contribution in [-0.4, -0.2) is 24.4 Å². The Bertz CT molecular complexity index is 892. The number of thioether (sulfide) groups is 1. The molecule has 1 aliphatic heterocycles. The molecule has 2 aromatic carbocycles. The molecule has 6 heteroatoms. The zero-order valence-electron chi connectivity index (χ0n) is 14.8. The third kappa shape index (κ3) is 3.34. The summed E-state index contributed by atoms with van der Waals surface area (Å²) in [4.78, 5) is 15.2. The number of thiocarbonyl (C=S) groups is 1. The van der Waals surface area contributed by atoms with E-state index >= 15 is 0 Å². The van der Waals surface area contributed by atoms with Crippen LogP contribution in [0.1, 0.15) is 18.1 Å². The van der Waals surface area contributed by atoms with Gasteiger partial charge in [-0.2, -0.15) is 0 Å². The Labute approximate surface area is 162 Å². The first-order valence-corrected chi connectivity index (χ1v) is 9.40. The average Bonchev–Trinajstić information content (AvgIpc) is 2.94. The van der Waals surface area contributed by atoms with Crippen molar-refractivity contribution in [3.05, 3.63) is 58.5 Å². The number of carbonyl (C=O) groups excluding carboxylic acids is 1. The van der Waals surface area contributed by atoms with Crippen molar-refractivity contribution in [1.82, 2.24) is 0 Å². The lowest BCUT2D eigenvalue weighted by Crippen LogP contribution is -2.28. The number of anilines is 1. The minimum absolute atomic E-state index is 0.120. The highest BCUT2D eigenvalue weighted by atomic mass is 32.2. The SMILES string of the molecule is CCc1ccccc1N1C(=O)C(=Cc2cccc(OC)c2OC)SC1=S. The van der Waals surface area contributed by atoms with Crippen molar-refractivity contribution in [3.8, 4) is 11.5 Å². The first-order valence-electron chi connectivity index (χ1n) is 8.17. The molecule has 1 aliphatic rings. The molecule has 1 amide bonds. The monoisotopic (exact) mass is 385 g/mol. The molecule has 0 radical (unpaired) electrons. The number of aryl methyl sites for hydroxylation is 1. The van der Waals surface area contributed by atoms with Gasteiger partial charge in [-0.25, -0.2) is 0 Å². The van der Waals surface area contributed by atoms with Gasteiger partial charge >= 0.3 is 0 Å². The van der Waals surface area contributed by atoms with Crippen LogP contribution in [0.5, 0.6) is 11.5 Å². The normalized spacial score (nSPS) is 15.7. The quantitative estimate of drug-likeness (QED) is 0.552. The van der Waals surface area contributed by atoms with Crippen LogP contribution in [0.25, 0.3) is 6.08 Å². The highest BCUT2D eigenvalue weighted by molar-refractivity contribution is 8.27. The maximum absolute atomic E-state index is 13.0. The fourth-order valence-electron chi connectivity index (χ4n) is 2.87. The number of para-hydroxylation sites is 2. The molecular weight excluding hydrogens is 366 g/mol. The first-order chi connectivity index (χ1) is 12.6. The fourth-order valence-corrected chi connectivity index (χ4v) is 4.15. The summed E-state index contributed by atoms with van der Waals surface area (Å²) in [5.41, 5.74) is 2.71. The second kappa shape index (κ2) is 7.93. The van der Waals surface area contributed by atoms with Crippen LogP contribution in [0.4, 0.5) is 5.69 Å². The van der Waals surface area contributed by atoms with E-state index in [1.165, 1.54) is 11.8 Å². The van der Waals surface area contributed by atoms with Gasteiger partial charge < -0.3 is 9.47 Å². The van der Waals surface area contributed by atoms with Gasteiger partial charge in [-0.05, 0) is 30.2 Å². The summed E-state index contributed by atoms with van der Waals surface area (Å²) in [5, 5.41) is 0. The van der Waals surface area contributed by atoms with Crippen LogP contribution in [0.3, 0.4) is 0 Å². The van der Waals surface area contributed by atoms with E-state index in [0.717, 1.165) is 23.2 Å². The molecular formula is C20H19NO3S2. The minimum atomic E-state index is -0.120. The number of ether oxygens (including phenoxy) is 2. The number of hydrogen-bond donors (Lipinski definition) is 0. The van der Waals surface area contributed by atoms with Crippen molar-refractivity contribution in [2.45, 2.75) is 13.3 Å². The van der Waals surface area contributed by atoms with Gasteiger partial charge in [0.2, 0.25) is 0 Å². The lowest BCUT2D eigenvalue weighted by molar-refractivity contribution is -0.113. The largest absolute Gasteiger partial charge is 0.493 e. The lowest BCUT2D eigenvalue weighted by Gasteiger charge is -2.18. The molecule has 0 saturated carbocycles. The van der Waals surface area contributed by atoms with Gasteiger partial charge in [0.05, 0.1) is 24.8 Å². The summed E-state index contributed by atoms with van der Waals surface area (Å²) in [6.07, 6.45) is 2.63. The van der Waals surface area contributed by atoms with Gasteiger partial charge in [-0.15, -0.1) is 0 Å². The van der Waals surface area contributed by atoms with Crippen LogP contribution >= 0.6 is 24.0 Å². The van der Waals surface area contributed by atoms with E-state index in [1.807, 2.05) is 42.5 Å². The molecule has 1 saturated heterocycles. The van der Waals surface area contributed by atoms with E-state index in [9.17, 15) is 4.79 Å². The van der Waals surface area contributed by atoms with E-state index in [1.54, 1.807) is 25.2 Å². The third-order valence-electron chi connectivity index (χ3n) is 4.13. The molecule has 2 aromatic rings. The van der Waals surface area contributed by atoms with Gasteiger partial charge in [0.15, 0.2) is 15.8 Å². The Morgan fingerprint density at radius 1 is 1.12 bits per heavy atom. The highest BCUT2D eigenvalue weighted by Crippen LogP contribution is 2.39. The Kier molecular flexibility index (Phi) is 5.64. The Morgan fingerprint density at radius 2 is 1.88 bits per heavy atom. The van der Waals surface area contributed by atoms with E-state index in [-0.39, 0.29) is 5.91 Å². The second-order valence-corrected chi connectivity index (χ2v) is 7.26. The summed E-state index contributed by atoms with van der Waals surface area (Å²) < 4.78 is 11.3. The number of nitrogens with zero attached hydrogens (tertiary/aromatic N) is 1. The molecule has 0 unspecified atom stereocenters. The maximum Gasteiger partial charge on any atom is 0.270 e. The molecule has 0 N–H and O–H groups in total. The summed E-state index contributed by atoms with van der Waals surface area (Å²) in [6, 6.07) is 13.4. The number of methoxy groups -OCH3 is 2. The summed E-state index contributed by atoms with van der Waals surface area (Å²) in [6.45, 7) is 2.06. The molecule has 134 valence electrons. The van der Waals surface area contributed by atoms with Crippen molar-refractivity contribution >= 4 is 46.0 Å². The van der Waals surface area contributed by atoms with Gasteiger partial charge in [0, 0.05) is 5.56 Å². The van der Waals surface area contributed by atoms with Gasteiger partial charge in [-0.1, -0.05) is 61.2 Å². The van der Waals surface area contributed by atoms with Crippen molar-refractivity contribution in [2.24, 2.45) is 0 Å². The standard InChI is InChI=1S/C20H19NO3S2/c1-4-13-8-5-6-10-15(13)21-19(22)17(26-20(21)25)12-14-9-7-11-16(23-2)18(14)24-3/h5-12H,4H2,1-3H3. The average molecular weight is 386 g/mol. The van der Waals surface area contributed by atoms with E-state index < -0.39 is 0 Å². The maximum atomic E-state index is 13.0. The van der Waals surface area contributed by atoms with Crippen molar-refractivity contribution in [1.29, 1.82) is 0 Å². The zero-order chi connectivity index (χ0) is 18.7. The van der Waals surface area contributed by atoms with Gasteiger partial charge in [0.25, 0.3) is 5.91 Å². The first kappa shape index (κ1) is 18.5. The topological polar surface area (TPSA) is 38.8 Å². The number of benzene rings is 2. The number of hydrogen-bond acceptors (Lipinski definition) is 5. The minimum Gasteiger partial charge on any atom is -0.493 e. The molecule has 0 aromatic heterocycles. The fraction of sp³-hybridized carbons (Fsp3) is 0.200. The lowest BCUT2D eigenvalue weighted by atomic mass is 10.1. The Morgan fingerprint density at radius 3 is 2.58 bits per heavy atom. The molecule has 1 heterocycles. The van der Waals surface area contributed by atoms with E-state index in [2.05, 4.69) is 6.92 Å². The summed E-state index contributed by atoms with van der Waals surface area (Å²) >= 11 is 6.78. The predicted molar refractivity (Wildman–Crippen MR) is 111 cm³/mol. The smallest absolute Gasteiger partial charge is 0.270 e. The van der Waals surface area contributed by atoms with E-state index in [0.29, 0.717) is 20.7 Å². The highest BCUT2D eigenvalue weighted by Gasteiger charge is 2.34. The third-order valence-corrected chi connectivity index (χ3v) is 5.43. The number of rotatable bonds is 5. The Balaban J connectivity index is 2.01. The molecule has 0 atom stereocenters. The van der Waals surface area contributed by atoms with Crippen molar-refractivity contribution in [2.75, 3.05) is 19.1 Å². The summed E-state index contributed by atoms with van der Waals surface area (Å²) in [5.74, 6) is 1.09. The molecule has 4 nitrogen and oxygen atoms in total. The van der Waals surface area contributed by atoms with Gasteiger partial charge in [-0.3, -0.25) is 9.69 Å². The zero-order valence-corrected chi connectivity index (χ0v) is 16.4. The number of amides is 1. The molecule has 0 spiro atoms. The van der Waals surface area contributed by atoms with Crippen LogP contribution in [-0.2, 0) is 11.2 Å². The molecule has 0 aliphatic carbocycles. The van der Waals surface area contributed by atoms with Crippen molar-refractivity contribution < 1.29 is 14.3 Å². The molecule has 3 rings (SSSR count). The Hall–Kier alpha value is -2.31. The van der Waals surface area contributed by atoms with Crippen LogP contribution < -0.4 is 14.4 Å². The number of carbonyl (C=O) groups is 1. The van der Waals surface area contributed by atoms with Crippen LogP contribution in [0, 0.1) is 0 Å². The molecule has 26 heavy (non-hydrogen) atoms. The predicted octanol–water partition coefficient (Wildman–Crippen LogP) is 4.67. The van der Waals surface area contributed by atoms with Crippen molar-refractivity contribution in [3.63, 3.8) is 0 Å². The van der Waals surface area contributed by atoms with Gasteiger partial charge in [0.1, 0.15) is 0 Å². The van der Waals surface area contributed by atoms with E-state index in [4.69, 9.17) is 21.7 Å². The van der Waals surface area contributed by atoms with Crippen LogP contribution in [0.2, 0.25) is 0 Å². The van der Waals surface area contributed by atoms with Crippen LogP contribution in [0.15, 0.2) is 47.4 Å². The molecule has 1 fully saturated rings. The second-order valence-electron chi connectivity index (χ2n) is 5.58.